The number of ketones is 1. The fourth-order valence-corrected chi connectivity index (χ4v) is 3.61. The summed E-state index contributed by atoms with van der Waals surface area (Å²) >= 11 is 0. The third kappa shape index (κ3) is 4.42. The van der Waals surface area contributed by atoms with Crippen LogP contribution in [0.4, 0.5) is 5.69 Å². The predicted octanol–water partition coefficient (Wildman–Crippen LogP) is 5.24. The molecule has 0 bridgehead atoms. The van der Waals surface area contributed by atoms with Gasteiger partial charge in [0.2, 0.25) is 0 Å². The highest BCUT2D eigenvalue weighted by atomic mass is 16.3. The number of carbonyl (C=O) groups is 2. The van der Waals surface area contributed by atoms with Gasteiger partial charge in [0.05, 0.1) is 11.6 Å². The highest BCUT2D eigenvalue weighted by Crippen LogP contribution is 2.43. The molecule has 1 aliphatic rings. The van der Waals surface area contributed by atoms with Crippen LogP contribution in [-0.4, -0.2) is 16.8 Å². The Morgan fingerprint density at radius 1 is 1.06 bits per heavy atom. The molecule has 1 amide bonds. The molecule has 0 aliphatic carbocycles. The van der Waals surface area contributed by atoms with Crippen LogP contribution in [0, 0.1) is 5.41 Å². The number of allylic oxidation sites excluding steroid dienone is 4. The first-order valence-electron chi connectivity index (χ1n) is 10.4. The number of Topliss-reactive ketones (excluding diaryl/α,β-unsaturated/α-hetero) is 1. The molecular weight excluding hydrogens is 400 g/mol. The summed E-state index contributed by atoms with van der Waals surface area (Å²) in [5.41, 5.74) is 8.13. The molecule has 2 aromatic rings. The van der Waals surface area contributed by atoms with Gasteiger partial charge in [-0.25, -0.2) is 0 Å². The van der Waals surface area contributed by atoms with E-state index in [9.17, 15) is 14.7 Å². The van der Waals surface area contributed by atoms with Crippen LogP contribution >= 0.6 is 0 Å². The molecule has 0 spiro atoms. The second kappa shape index (κ2) is 9.10. The van der Waals surface area contributed by atoms with Crippen molar-refractivity contribution in [2.45, 2.75) is 26.8 Å². The Hall–Kier alpha value is -3.86. The Balaban J connectivity index is 2.06. The summed E-state index contributed by atoms with van der Waals surface area (Å²) in [5, 5.41) is 10.7. The molecular formula is C27H28N2O3. The summed E-state index contributed by atoms with van der Waals surface area (Å²) in [4.78, 5) is 27.8. The number of benzene rings is 2. The summed E-state index contributed by atoms with van der Waals surface area (Å²) in [6.07, 6.45) is 6.98. The molecule has 2 aromatic carbocycles. The number of rotatable bonds is 6. The first-order chi connectivity index (χ1) is 15.2. The summed E-state index contributed by atoms with van der Waals surface area (Å²) < 4.78 is 0. The van der Waals surface area contributed by atoms with E-state index in [1.165, 1.54) is 4.90 Å². The topological polar surface area (TPSA) is 83.6 Å². The third-order valence-corrected chi connectivity index (χ3v) is 5.25. The average molecular weight is 429 g/mol. The van der Waals surface area contributed by atoms with Crippen molar-refractivity contribution in [3.8, 4) is 0 Å². The number of hydrogen-bond acceptors (Lipinski definition) is 4. The monoisotopic (exact) mass is 428 g/mol. The molecule has 0 aromatic heterocycles. The number of nitrogens with two attached hydrogens (primary N) is 1. The van der Waals surface area contributed by atoms with Crippen LogP contribution in [0.1, 0.15) is 37.9 Å². The fourth-order valence-electron chi connectivity index (χ4n) is 3.61. The van der Waals surface area contributed by atoms with Crippen molar-refractivity contribution >= 4 is 23.1 Å². The van der Waals surface area contributed by atoms with Crippen molar-refractivity contribution in [1.82, 2.24) is 0 Å². The van der Waals surface area contributed by atoms with E-state index >= 15 is 0 Å². The Kier molecular flexibility index (Phi) is 6.49. The summed E-state index contributed by atoms with van der Waals surface area (Å²) in [5.74, 6) is -1.37. The molecule has 1 aliphatic heterocycles. The zero-order chi connectivity index (χ0) is 23.5. The molecule has 5 nitrogen and oxygen atoms in total. The number of aliphatic hydroxyl groups excluding tert-OH is 1. The largest absolute Gasteiger partial charge is 0.503 e. The van der Waals surface area contributed by atoms with E-state index < -0.39 is 23.1 Å². The van der Waals surface area contributed by atoms with Crippen molar-refractivity contribution in [3.63, 3.8) is 0 Å². The molecule has 1 heterocycles. The van der Waals surface area contributed by atoms with Crippen LogP contribution in [-0.2, 0) is 9.59 Å². The number of anilines is 1. The van der Waals surface area contributed by atoms with Gasteiger partial charge in [-0.2, -0.15) is 0 Å². The van der Waals surface area contributed by atoms with Gasteiger partial charge < -0.3 is 10.8 Å². The van der Waals surface area contributed by atoms with E-state index in [-0.39, 0.29) is 11.4 Å². The van der Waals surface area contributed by atoms with Gasteiger partial charge in [0.25, 0.3) is 5.91 Å². The lowest BCUT2D eigenvalue weighted by atomic mass is 9.82. The van der Waals surface area contributed by atoms with Gasteiger partial charge in [0, 0.05) is 16.8 Å². The second-order valence-electron chi connectivity index (χ2n) is 8.62. The van der Waals surface area contributed by atoms with Gasteiger partial charge >= 0.3 is 0 Å². The molecule has 3 N–H and O–H groups in total. The van der Waals surface area contributed by atoms with E-state index in [2.05, 4.69) is 6.58 Å². The highest BCUT2D eigenvalue weighted by molar-refractivity contribution is 6.17. The van der Waals surface area contributed by atoms with Crippen molar-refractivity contribution in [1.29, 1.82) is 0 Å². The number of nitrogens with zero attached hydrogens (tertiary/aromatic N) is 1. The number of hydrogen-bond donors (Lipinski definition) is 2. The second-order valence-corrected chi connectivity index (χ2v) is 8.62. The van der Waals surface area contributed by atoms with E-state index in [0.717, 1.165) is 11.1 Å². The first kappa shape index (κ1) is 22.8. The maximum absolute atomic E-state index is 13.2. The van der Waals surface area contributed by atoms with Crippen LogP contribution < -0.4 is 10.6 Å². The maximum Gasteiger partial charge on any atom is 0.294 e. The van der Waals surface area contributed by atoms with Gasteiger partial charge in [-0.15, -0.1) is 0 Å². The first-order valence-corrected chi connectivity index (χ1v) is 10.4. The quantitative estimate of drug-likeness (QED) is 0.616. The minimum atomic E-state index is -0.755. The lowest BCUT2D eigenvalue weighted by molar-refractivity contribution is -0.123. The normalized spacial score (nSPS) is 17.3. The van der Waals surface area contributed by atoms with Crippen molar-refractivity contribution in [2.24, 2.45) is 11.1 Å². The van der Waals surface area contributed by atoms with Gasteiger partial charge in [-0.3, -0.25) is 14.5 Å². The summed E-state index contributed by atoms with van der Waals surface area (Å²) in [7, 11) is 0. The Morgan fingerprint density at radius 3 is 2.25 bits per heavy atom. The van der Waals surface area contributed by atoms with Gasteiger partial charge in [-0.05, 0) is 29.3 Å². The smallest absolute Gasteiger partial charge is 0.294 e. The van der Waals surface area contributed by atoms with Crippen molar-refractivity contribution < 1.29 is 14.7 Å². The molecule has 3 rings (SSSR count). The molecule has 5 heteroatoms. The Morgan fingerprint density at radius 2 is 1.69 bits per heavy atom. The molecule has 1 atom stereocenters. The Bertz CT molecular complexity index is 1120. The number of carbonyl (C=O) groups excluding carboxylic acids is 2. The number of aliphatic hydroxyl groups is 1. The molecule has 0 fully saturated rings. The molecule has 32 heavy (non-hydrogen) atoms. The van der Waals surface area contributed by atoms with E-state index in [4.69, 9.17) is 5.73 Å². The highest BCUT2D eigenvalue weighted by Gasteiger charge is 2.46. The molecule has 0 saturated carbocycles. The van der Waals surface area contributed by atoms with Crippen LogP contribution in [0.2, 0.25) is 0 Å². The SMILES string of the molecule is C=C/C=C\C=C(/N)c1ccc(N2C(=O)C(O)=C(C(=O)C(C)(C)C)C2c2ccccc2)cc1. The summed E-state index contributed by atoms with van der Waals surface area (Å²) in [6.45, 7) is 8.94. The predicted molar refractivity (Wildman–Crippen MR) is 129 cm³/mol. The van der Waals surface area contributed by atoms with E-state index in [0.29, 0.717) is 11.4 Å². The third-order valence-electron chi connectivity index (χ3n) is 5.25. The zero-order valence-electron chi connectivity index (χ0n) is 18.6. The van der Waals surface area contributed by atoms with E-state index in [1.807, 2.05) is 30.3 Å². The molecule has 1 unspecified atom stereocenters. The fraction of sp³-hybridized carbons (Fsp3) is 0.185. The minimum absolute atomic E-state index is 0.117. The maximum atomic E-state index is 13.2. The molecule has 0 radical (unpaired) electrons. The van der Waals surface area contributed by atoms with Gasteiger partial charge in [0.15, 0.2) is 11.5 Å². The standard InChI is InChI=1S/C27H28N2O3/c1-5-6-8-13-21(28)18-14-16-20(17-15-18)29-23(19-11-9-7-10-12-19)22(24(30)26(29)32)25(31)27(2,3)4/h5-17,23,30H,1,28H2,2-4H3/b8-6-,21-13-. The van der Waals surface area contributed by atoms with Crippen LogP contribution in [0.25, 0.3) is 5.70 Å². The summed E-state index contributed by atoms with van der Waals surface area (Å²) in [6, 6.07) is 15.7. The molecule has 0 saturated heterocycles. The van der Waals surface area contributed by atoms with Crippen LogP contribution in [0.5, 0.6) is 0 Å². The Labute approximate surface area is 188 Å². The average Bonchev–Trinajstić information content (AvgIpc) is 3.04. The lowest BCUT2D eigenvalue weighted by Crippen LogP contribution is -2.32. The van der Waals surface area contributed by atoms with Crippen molar-refractivity contribution in [2.75, 3.05) is 4.90 Å². The number of amides is 1. The van der Waals surface area contributed by atoms with E-state index in [1.54, 1.807) is 69.3 Å². The van der Waals surface area contributed by atoms with Gasteiger partial charge in [-0.1, -0.05) is 88.0 Å². The van der Waals surface area contributed by atoms with Gasteiger partial charge in [0.1, 0.15) is 0 Å². The zero-order valence-corrected chi connectivity index (χ0v) is 18.6. The molecule has 164 valence electrons. The lowest BCUT2D eigenvalue weighted by Gasteiger charge is -2.29. The minimum Gasteiger partial charge on any atom is -0.503 e. The van der Waals surface area contributed by atoms with Crippen LogP contribution in [0.15, 0.2) is 96.8 Å². The van der Waals surface area contributed by atoms with Crippen molar-refractivity contribution in [3.05, 3.63) is 108 Å². The van der Waals surface area contributed by atoms with Crippen LogP contribution in [0.3, 0.4) is 0 Å².